The number of hydrogen-bond donors (Lipinski definition) is 1. The SMILES string of the molecule is CC(=O)CC(C)N1CCC(CO)C1. The third-order valence-corrected chi connectivity index (χ3v) is 2.78. The van der Waals surface area contributed by atoms with Crippen molar-refractivity contribution in [3.63, 3.8) is 0 Å². The van der Waals surface area contributed by atoms with Crippen molar-refractivity contribution in [2.75, 3.05) is 19.7 Å². The van der Waals surface area contributed by atoms with Crippen LogP contribution >= 0.6 is 0 Å². The molecule has 0 saturated carbocycles. The highest BCUT2D eigenvalue weighted by Crippen LogP contribution is 2.19. The minimum atomic E-state index is 0.250. The second kappa shape index (κ2) is 4.72. The Labute approximate surface area is 79.7 Å². The van der Waals surface area contributed by atoms with E-state index in [0.717, 1.165) is 19.5 Å². The molecule has 1 fully saturated rings. The summed E-state index contributed by atoms with van der Waals surface area (Å²) in [6.45, 7) is 5.98. The van der Waals surface area contributed by atoms with Gasteiger partial charge in [0.15, 0.2) is 0 Å². The van der Waals surface area contributed by atoms with E-state index >= 15 is 0 Å². The molecule has 1 heterocycles. The number of nitrogens with zero attached hydrogens (tertiary/aromatic N) is 1. The van der Waals surface area contributed by atoms with Crippen molar-refractivity contribution in [2.45, 2.75) is 32.7 Å². The van der Waals surface area contributed by atoms with Crippen molar-refractivity contribution < 1.29 is 9.90 Å². The molecule has 0 aromatic carbocycles. The first-order chi connectivity index (χ1) is 6.13. The zero-order valence-electron chi connectivity index (χ0n) is 8.49. The van der Waals surface area contributed by atoms with Gasteiger partial charge in [-0.15, -0.1) is 0 Å². The van der Waals surface area contributed by atoms with Crippen LogP contribution < -0.4 is 0 Å². The van der Waals surface area contributed by atoms with Gasteiger partial charge in [-0.2, -0.15) is 0 Å². The van der Waals surface area contributed by atoms with Gasteiger partial charge in [-0.25, -0.2) is 0 Å². The third-order valence-electron chi connectivity index (χ3n) is 2.78. The highest BCUT2D eigenvalue weighted by molar-refractivity contribution is 5.76. The van der Waals surface area contributed by atoms with Crippen molar-refractivity contribution in [1.82, 2.24) is 4.90 Å². The van der Waals surface area contributed by atoms with Gasteiger partial charge in [-0.05, 0) is 32.7 Å². The minimum Gasteiger partial charge on any atom is -0.396 e. The van der Waals surface area contributed by atoms with Crippen LogP contribution in [0.3, 0.4) is 0 Å². The van der Waals surface area contributed by atoms with E-state index < -0.39 is 0 Å². The fraction of sp³-hybridized carbons (Fsp3) is 0.900. The zero-order chi connectivity index (χ0) is 9.84. The number of rotatable bonds is 4. The number of carbonyl (C=O) groups excluding carboxylic acids is 1. The van der Waals surface area contributed by atoms with Gasteiger partial charge >= 0.3 is 0 Å². The normalized spacial score (nSPS) is 26.2. The summed E-state index contributed by atoms with van der Waals surface area (Å²) < 4.78 is 0. The molecule has 0 bridgehead atoms. The van der Waals surface area contributed by atoms with Gasteiger partial charge < -0.3 is 5.11 Å². The Balaban J connectivity index is 2.32. The number of Topliss-reactive ketones (excluding diaryl/α,β-unsaturated/α-hetero) is 1. The monoisotopic (exact) mass is 185 g/mol. The maximum absolute atomic E-state index is 10.9. The maximum Gasteiger partial charge on any atom is 0.131 e. The molecule has 1 aliphatic rings. The smallest absolute Gasteiger partial charge is 0.131 e. The first kappa shape index (κ1) is 10.7. The molecule has 0 aromatic rings. The Kier molecular flexibility index (Phi) is 3.88. The summed E-state index contributed by atoms with van der Waals surface area (Å²) in [6, 6.07) is 0.342. The van der Waals surface area contributed by atoms with Crippen molar-refractivity contribution in [1.29, 1.82) is 0 Å². The van der Waals surface area contributed by atoms with Crippen LogP contribution in [0.5, 0.6) is 0 Å². The second-order valence-corrected chi connectivity index (χ2v) is 4.09. The molecular weight excluding hydrogens is 166 g/mol. The summed E-state index contributed by atoms with van der Waals surface area (Å²) in [4.78, 5) is 13.2. The summed E-state index contributed by atoms with van der Waals surface area (Å²) in [6.07, 6.45) is 1.71. The Hall–Kier alpha value is -0.410. The van der Waals surface area contributed by atoms with E-state index in [4.69, 9.17) is 5.11 Å². The predicted molar refractivity (Wildman–Crippen MR) is 51.5 cm³/mol. The largest absolute Gasteiger partial charge is 0.396 e. The maximum atomic E-state index is 10.9. The highest BCUT2D eigenvalue weighted by atomic mass is 16.3. The molecule has 0 amide bonds. The molecule has 2 atom stereocenters. The Morgan fingerprint density at radius 1 is 1.69 bits per heavy atom. The number of ketones is 1. The summed E-state index contributed by atoms with van der Waals surface area (Å²) in [5, 5.41) is 8.95. The quantitative estimate of drug-likeness (QED) is 0.699. The third kappa shape index (κ3) is 3.08. The van der Waals surface area contributed by atoms with Crippen molar-refractivity contribution >= 4 is 5.78 Å². The fourth-order valence-corrected chi connectivity index (χ4v) is 1.96. The van der Waals surface area contributed by atoms with Crippen molar-refractivity contribution in [3.05, 3.63) is 0 Å². The number of carbonyl (C=O) groups is 1. The first-order valence-corrected chi connectivity index (χ1v) is 4.97. The van der Waals surface area contributed by atoms with Gasteiger partial charge in [-0.1, -0.05) is 0 Å². The van der Waals surface area contributed by atoms with Gasteiger partial charge in [0.1, 0.15) is 5.78 Å². The van der Waals surface area contributed by atoms with Crippen molar-refractivity contribution in [2.24, 2.45) is 5.92 Å². The molecule has 0 radical (unpaired) electrons. The van der Waals surface area contributed by atoms with E-state index in [-0.39, 0.29) is 12.4 Å². The van der Waals surface area contributed by atoms with E-state index in [9.17, 15) is 4.79 Å². The van der Waals surface area contributed by atoms with Crippen LogP contribution in [0.2, 0.25) is 0 Å². The molecular formula is C10H19NO2. The van der Waals surface area contributed by atoms with Crippen LogP contribution in [0.25, 0.3) is 0 Å². The summed E-state index contributed by atoms with van der Waals surface area (Å²) >= 11 is 0. The zero-order valence-corrected chi connectivity index (χ0v) is 8.49. The van der Waals surface area contributed by atoms with Crippen molar-refractivity contribution in [3.8, 4) is 0 Å². The molecule has 3 nitrogen and oxygen atoms in total. The lowest BCUT2D eigenvalue weighted by atomic mass is 10.1. The Morgan fingerprint density at radius 2 is 2.38 bits per heavy atom. The highest BCUT2D eigenvalue weighted by Gasteiger charge is 2.25. The topological polar surface area (TPSA) is 40.5 Å². The lowest BCUT2D eigenvalue weighted by Crippen LogP contribution is -2.32. The average Bonchev–Trinajstić information content (AvgIpc) is 2.50. The summed E-state index contributed by atoms with van der Waals surface area (Å²) in [5.74, 6) is 0.675. The van der Waals surface area contributed by atoms with E-state index in [1.165, 1.54) is 0 Å². The van der Waals surface area contributed by atoms with Gasteiger partial charge in [0.05, 0.1) is 0 Å². The molecule has 13 heavy (non-hydrogen) atoms. The van der Waals surface area contributed by atoms with Crippen LogP contribution in [0.15, 0.2) is 0 Å². The molecule has 0 spiro atoms. The molecule has 3 heteroatoms. The van der Waals surface area contributed by atoms with Crippen LogP contribution in [-0.2, 0) is 4.79 Å². The number of aliphatic hydroxyl groups excluding tert-OH is 1. The van der Waals surface area contributed by atoms with E-state index in [0.29, 0.717) is 18.4 Å². The average molecular weight is 185 g/mol. The molecule has 1 rings (SSSR count). The second-order valence-electron chi connectivity index (χ2n) is 4.09. The predicted octanol–water partition coefficient (Wildman–Crippen LogP) is 0.668. The molecule has 0 aliphatic carbocycles. The molecule has 1 aliphatic heterocycles. The van der Waals surface area contributed by atoms with E-state index in [2.05, 4.69) is 11.8 Å². The molecule has 0 aromatic heterocycles. The van der Waals surface area contributed by atoms with Gasteiger partial charge in [0.2, 0.25) is 0 Å². The summed E-state index contributed by atoms with van der Waals surface area (Å²) in [5.41, 5.74) is 0. The number of aliphatic hydroxyl groups is 1. The van der Waals surface area contributed by atoms with E-state index in [1.807, 2.05) is 0 Å². The lowest BCUT2D eigenvalue weighted by Gasteiger charge is -2.23. The first-order valence-electron chi connectivity index (χ1n) is 4.97. The Morgan fingerprint density at radius 3 is 2.85 bits per heavy atom. The molecule has 1 saturated heterocycles. The van der Waals surface area contributed by atoms with Gasteiger partial charge in [0, 0.05) is 25.6 Å². The standard InChI is InChI=1S/C10H19NO2/c1-8(5-9(2)13)11-4-3-10(6-11)7-12/h8,10,12H,3-7H2,1-2H3. The molecule has 1 N–H and O–H groups in total. The van der Waals surface area contributed by atoms with Crippen LogP contribution in [0.1, 0.15) is 26.7 Å². The number of hydrogen-bond acceptors (Lipinski definition) is 3. The molecule has 76 valence electrons. The minimum absolute atomic E-state index is 0.250. The van der Waals surface area contributed by atoms with Crippen LogP contribution in [-0.4, -0.2) is 41.5 Å². The van der Waals surface area contributed by atoms with Crippen LogP contribution in [0, 0.1) is 5.92 Å². The summed E-state index contributed by atoms with van der Waals surface area (Å²) in [7, 11) is 0. The van der Waals surface area contributed by atoms with E-state index in [1.54, 1.807) is 6.92 Å². The van der Waals surface area contributed by atoms with Gasteiger partial charge in [-0.3, -0.25) is 9.69 Å². The van der Waals surface area contributed by atoms with Crippen LogP contribution in [0.4, 0.5) is 0 Å². The lowest BCUT2D eigenvalue weighted by molar-refractivity contribution is -0.118. The molecule has 2 unspecified atom stereocenters. The van der Waals surface area contributed by atoms with Gasteiger partial charge in [0.25, 0.3) is 0 Å². The number of likely N-dealkylation sites (tertiary alicyclic amines) is 1. The fourth-order valence-electron chi connectivity index (χ4n) is 1.96. The Bertz CT molecular complexity index is 182.